The summed E-state index contributed by atoms with van der Waals surface area (Å²) in [5, 5.41) is 28.4. The largest absolute Gasteiger partial charge is 2.00 e. The Labute approximate surface area is 419 Å². The van der Waals surface area contributed by atoms with E-state index in [4.69, 9.17) is 14.6 Å². The summed E-state index contributed by atoms with van der Waals surface area (Å²) in [7, 11) is 0. The van der Waals surface area contributed by atoms with Gasteiger partial charge in [-0.1, -0.05) is 48.3 Å². The molecule has 0 saturated carbocycles. The predicted molar refractivity (Wildman–Crippen MR) is 226 cm³/mol. The van der Waals surface area contributed by atoms with Crippen molar-refractivity contribution in [1.82, 2.24) is 5.16 Å². The van der Waals surface area contributed by atoms with Crippen molar-refractivity contribution in [2.24, 2.45) is 10.3 Å². The van der Waals surface area contributed by atoms with Gasteiger partial charge in [0.2, 0.25) is 0 Å². The third-order valence-electron chi connectivity index (χ3n) is 6.44. The molecule has 0 bridgehead atoms. The molecule has 4 aromatic carbocycles. The van der Waals surface area contributed by atoms with Gasteiger partial charge in [-0.2, -0.15) is 70.4 Å². The van der Waals surface area contributed by atoms with E-state index in [1.807, 2.05) is 95.3 Å². The van der Waals surface area contributed by atoms with Crippen molar-refractivity contribution in [1.29, 1.82) is 0 Å². The molecule has 0 fully saturated rings. The molecule has 15 heteroatoms. The van der Waals surface area contributed by atoms with E-state index in [0.29, 0.717) is 22.7 Å². The molecule has 0 spiro atoms. The third-order valence-corrected chi connectivity index (χ3v) is 6.44. The zero-order valence-corrected chi connectivity index (χ0v) is 45.2. The SMILES string of the molecule is C.C.CC(C)=O.Cc1c[c-]c(-c2[c-]c(C)on2)cc1.Cc1c[c-]c(C2=NOC(C)(O)[CH-]2)cc1.O.[2HH].[B].[CH2-]C(=NO)c1[c-]cc(C)cc1.[CH2-]C(=O)c1[c-]cc(C)cc1.[W+2].[W+2].[W+2].[W+2]. The molecule has 0 aliphatic carbocycles. The maximum atomic E-state index is 10.6. The fraction of sp³-hybridized carbons (Fsp3) is 0.244. The van der Waals surface area contributed by atoms with Crippen LogP contribution in [-0.2, 0) is 93.9 Å². The van der Waals surface area contributed by atoms with Crippen LogP contribution in [0.25, 0.3) is 11.3 Å². The van der Waals surface area contributed by atoms with Crippen molar-refractivity contribution in [2.45, 2.75) is 76.0 Å². The topological polar surface area (TPSA) is 166 Å². The average Bonchev–Trinajstić information content (AvgIpc) is 3.70. The summed E-state index contributed by atoms with van der Waals surface area (Å²) in [6.07, 6.45) is 1.56. The van der Waals surface area contributed by atoms with E-state index in [1.165, 1.54) is 26.3 Å². The normalized spacial score (nSPS) is 12.2. The van der Waals surface area contributed by atoms with Gasteiger partial charge in [0, 0.05) is 15.6 Å². The number of carbonyl (C=O) groups excluding carboxylic acids is 2. The summed E-state index contributed by atoms with van der Waals surface area (Å²) in [6, 6.07) is 37.5. The first kappa shape index (κ1) is 71.2. The van der Waals surface area contributed by atoms with Crippen LogP contribution >= 0.6 is 0 Å². The van der Waals surface area contributed by atoms with Crippen LogP contribution in [0.4, 0.5) is 0 Å². The van der Waals surface area contributed by atoms with Crippen LogP contribution in [0, 0.1) is 85.2 Å². The minimum Gasteiger partial charge on any atom is -0.422 e. The van der Waals surface area contributed by atoms with Crippen LogP contribution in [0.3, 0.4) is 0 Å². The van der Waals surface area contributed by atoms with E-state index < -0.39 is 5.79 Å². The summed E-state index contributed by atoms with van der Waals surface area (Å²) in [4.78, 5) is 24.9. The van der Waals surface area contributed by atoms with Crippen molar-refractivity contribution >= 4 is 31.4 Å². The van der Waals surface area contributed by atoms with E-state index in [2.05, 4.69) is 59.6 Å². The van der Waals surface area contributed by atoms with Crippen molar-refractivity contribution in [3.8, 4) is 11.3 Å². The first-order valence-electron chi connectivity index (χ1n) is 16.0. The molecule has 0 saturated heterocycles. The van der Waals surface area contributed by atoms with Crippen LogP contribution < -0.4 is 0 Å². The van der Waals surface area contributed by atoms with Crippen LogP contribution in [0.1, 0.15) is 86.6 Å². The molecule has 5 aromatic rings. The average molecular weight is 1500 g/mol. The molecule has 0 amide bonds. The van der Waals surface area contributed by atoms with E-state index in [-0.39, 0.29) is 126 Å². The monoisotopic (exact) mass is 1500 g/mol. The number of aromatic nitrogens is 1. The first-order chi connectivity index (χ1) is 24.5. The Morgan fingerprint density at radius 2 is 1.15 bits per heavy atom. The first-order valence-corrected chi connectivity index (χ1v) is 16.0. The van der Waals surface area contributed by atoms with Gasteiger partial charge in [-0.15, -0.1) is 39.4 Å². The molecule has 1 unspecified atom stereocenters. The molecule has 1 atom stereocenters. The van der Waals surface area contributed by atoms with Crippen molar-refractivity contribution in [2.75, 3.05) is 0 Å². The number of hydrogen-bond donors (Lipinski definition) is 2. The molecule has 60 heavy (non-hydrogen) atoms. The molecule has 1 aliphatic heterocycles. The summed E-state index contributed by atoms with van der Waals surface area (Å²) >= 11 is 0. The molecule has 1 aromatic heterocycles. The number of ketones is 2. The fourth-order valence-electron chi connectivity index (χ4n) is 3.74. The zero-order chi connectivity index (χ0) is 38.8. The van der Waals surface area contributed by atoms with Gasteiger partial charge < -0.3 is 34.7 Å². The number of hydrogen-bond acceptors (Lipinski definition) is 9. The van der Waals surface area contributed by atoms with Gasteiger partial charge in [0.05, 0.1) is 0 Å². The minimum atomic E-state index is -1.28. The van der Waals surface area contributed by atoms with Gasteiger partial charge in [-0.25, -0.2) is 61.5 Å². The van der Waals surface area contributed by atoms with Crippen LogP contribution in [-0.4, -0.2) is 58.1 Å². The Hall–Kier alpha value is -3.28. The zero-order valence-electron chi connectivity index (χ0n) is 33.5. The Balaban J connectivity index is -0.0000000954. The Morgan fingerprint density at radius 1 is 0.750 bits per heavy atom. The molecular weight excluding hydrogens is 1440 g/mol. The minimum absolute atomic E-state index is 0. The number of carbonyl (C=O) groups is 2. The second-order valence-electron chi connectivity index (χ2n) is 12.0. The van der Waals surface area contributed by atoms with Crippen LogP contribution in [0.2, 0.25) is 0 Å². The Bertz CT molecular complexity index is 1940. The van der Waals surface area contributed by atoms with Gasteiger partial charge in [0.1, 0.15) is 5.78 Å². The third kappa shape index (κ3) is 28.3. The van der Waals surface area contributed by atoms with Gasteiger partial charge >= 0.3 is 84.3 Å². The summed E-state index contributed by atoms with van der Waals surface area (Å²) < 4.78 is 4.92. The van der Waals surface area contributed by atoms with E-state index in [1.54, 1.807) is 18.6 Å². The number of Topliss-reactive ketones (excluding diaryl/α,β-unsaturated/α-hetero) is 2. The number of aliphatic hydroxyl groups is 1. The molecular formula is C45H55BN3O7W4. The number of rotatable bonds is 4. The molecule has 2 heterocycles. The van der Waals surface area contributed by atoms with E-state index in [0.717, 1.165) is 39.1 Å². The van der Waals surface area contributed by atoms with Crippen molar-refractivity contribution in [3.05, 3.63) is 168 Å². The van der Waals surface area contributed by atoms with Gasteiger partial charge in [0.25, 0.3) is 0 Å². The number of nitrogens with zero attached hydrogens (tertiary/aromatic N) is 3. The fourth-order valence-corrected chi connectivity index (χ4v) is 3.74. The van der Waals surface area contributed by atoms with Gasteiger partial charge in [-0.3, -0.25) is 29.2 Å². The summed E-state index contributed by atoms with van der Waals surface area (Å²) in [5.41, 5.74) is 9.24. The smallest absolute Gasteiger partial charge is 0.422 e. The number of aryl methyl sites for hydroxylation is 5. The Kier molecular flexibility index (Phi) is 43.2. The quantitative estimate of drug-likeness (QED) is 0.0455. The molecule has 1 aliphatic rings. The molecule has 6 rings (SSSR count). The van der Waals surface area contributed by atoms with Crippen LogP contribution in [0.15, 0.2) is 87.6 Å². The summed E-state index contributed by atoms with van der Waals surface area (Å²) in [5.74, 6) is -0.599. The van der Waals surface area contributed by atoms with E-state index >= 15 is 0 Å². The molecule has 3 radical (unpaired) electrons. The van der Waals surface area contributed by atoms with E-state index in [9.17, 15) is 14.7 Å². The van der Waals surface area contributed by atoms with Crippen molar-refractivity contribution < 1.29 is 120 Å². The predicted octanol–water partition coefficient (Wildman–Crippen LogP) is 8.52. The molecule has 10 nitrogen and oxygen atoms in total. The van der Waals surface area contributed by atoms with Crippen molar-refractivity contribution in [3.63, 3.8) is 0 Å². The number of benzene rings is 4. The standard InChI is InChI=1S/C11H11NO2.C11H9NO.C9H9NO.C9H8O.C3H6O.2CH4.B.H2O.4W.H2/c1-8-3-5-9(6-4-8)10-7-11(2,13)14-12-10;1-8-3-5-10(6-4-8)11-7-9(2)13-12-11;1-7-3-5-9(6-4-7)8(2)10-11;1-7-3-5-9(6-4-7)8(2)10;1-3(2)4;;;;;;;;;/h3-5,7,13H,1-2H3;3-5H,1-2H3;3-5,11H,2H2,1H3;3-5H,2H2,1H3;1-2H3;2*1H4;;1H2;;;;;1H/q4*-2;;;;;;4*+2;/i;;;;;;;;;;;;;1+1. The van der Waals surface area contributed by atoms with Gasteiger partial charge in [-0.05, 0) is 27.7 Å². The second-order valence-corrected chi connectivity index (χ2v) is 12.0. The van der Waals surface area contributed by atoms with Crippen LogP contribution in [0.5, 0.6) is 0 Å². The van der Waals surface area contributed by atoms with Gasteiger partial charge in [0.15, 0.2) is 5.79 Å². The Morgan fingerprint density at radius 3 is 1.45 bits per heavy atom. The second kappa shape index (κ2) is 36.4. The summed E-state index contributed by atoms with van der Waals surface area (Å²) in [6.45, 7) is 21.2. The maximum Gasteiger partial charge on any atom is 2.00 e. The number of oxime groups is 2. The maximum absolute atomic E-state index is 10.6. The molecule has 4 N–H and O–H groups in total. The molecule has 319 valence electrons.